The monoisotopic (exact) mass is 449 g/mol. The van der Waals surface area contributed by atoms with Crippen LogP contribution in [0.25, 0.3) is 0 Å². The molecule has 1 aliphatic rings. The number of hydrogen-bond acceptors (Lipinski definition) is 3. The quantitative estimate of drug-likeness (QED) is 0.472. The van der Waals surface area contributed by atoms with Gasteiger partial charge in [-0.05, 0) is 61.7 Å². The van der Waals surface area contributed by atoms with Crippen molar-refractivity contribution in [3.63, 3.8) is 0 Å². The van der Waals surface area contributed by atoms with Gasteiger partial charge in [-0.1, -0.05) is 49.2 Å². The van der Waals surface area contributed by atoms with E-state index in [-0.39, 0.29) is 5.91 Å². The predicted octanol–water partition coefficient (Wildman–Crippen LogP) is 4.02. The summed E-state index contributed by atoms with van der Waals surface area (Å²) >= 11 is 0. The Morgan fingerprint density at radius 1 is 0.879 bits per heavy atom. The summed E-state index contributed by atoms with van der Waals surface area (Å²) in [4.78, 5) is 20.9. The van der Waals surface area contributed by atoms with E-state index in [1.807, 2.05) is 24.3 Å². The van der Waals surface area contributed by atoms with Gasteiger partial charge in [0.2, 0.25) is 0 Å². The molecule has 0 unspecified atom stereocenters. The van der Waals surface area contributed by atoms with Gasteiger partial charge in [0.25, 0.3) is 5.91 Å². The molecule has 0 atom stereocenters. The molecule has 2 aromatic rings. The number of likely N-dealkylation sites (tertiary alicyclic amines) is 1. The number of benzene rings is 2. The van der Waals surface area contributed by atoms with Crippen LogP contribution in [0.1, 0.15) is 59.7 Å². The zero-order chi connectivity index (χ0) is 23.5. The Balaban J connectivity index is 1.51. The third kappa shape index (κ3) is 8.21. The number of aliphatic imine (C=N–C) groups is 1. The lowest BCUT2D eigenvalue weighted by atomic mass is 10.1. The molecule has 2 aromatic carbocycles. The number of guanidine groups is 1. The van der Waals surface area contributed by atoms with Crippen molar-refractivity contribution in [3.8, 4) is 0 Å². The molecule has 1 heterocycles. The Morgan fingerprint density at radius 2 is 1.48 bits per heavy atom. The van der Waals surface area contributed by atoms with Crippen LogP contribution in [0.5, 0.6) is 0 Å². The Kier molecular flexibility index (Phi) is 9.76. The highest BCUT2D eigenvalue weighted by Crippen LogP contribution is 2.14. The maximum absolute atomic E-state index is 12.0. The van der Waals surface area contributed by atoms with Crippen molar-refractivity contribution in [2.75, 3.05) is 33.7 Å². The third-order valence-corrected chi connectivity index (χ3v) is 5.96. The minimum absolute atomic E-state index is 0.0116. The van der Waals surface area contributed by atoms with Crippen LogP contribution < -0.4 is 10.6 Å². The maximum Gasteiger partial charge on any atom is 0.253 e. The zero-order valence-corrected chi connectivity index (χ0v) is 20.4. The number of hydrogen-bond donors (Lipinski definition) is 2. The van der Waals surface area contributed by atoms with E-state index in [0.29, 0.717) is 12.1 Å². The second-order valence-electron chi connectivity index (χ2n) is 8.95. The molecule has 0 bridgehead atoms. The van der Waals surface area contributed by atoms with Crippen LogP contribution in [-0.2, 0) is 19.6 Å². The normalized spacial score (nSPS) is 15.1. The highest BCUT2D eigenvalue weighted by atomic mass is 16.2. The van der Waals surface area contributed by atoms with Gasteiger partial charge in [0, 0.05) is 39.3 Å². The van der Waals surface area contributed by atoms with Gasteiger partial charge in [0.1, 0.15) is 0 Å². The second-order valence-corrected chi connectivity index (χ2v) is 8.95. The van der Waals surface area contributed by atoms with E-state index in [0.717, 1.165) is 31.2 Å². The summed E-state index contributed by atoms with van der Waals surface area (Å²) in [6.45, 7) is 7.65. The summed E-state index contributed by atoms with van der Waals surface area (Å²) in [6.07, 6.45) is 5.40. The minimum atomic E-state index is 0.0116. The molecule has 0 radical (unpaired) electrons. The molecule has 178 valence electrons. The smallest absolute Gasteiger partial charge is 0.253 e. The molecule has 0 aliphatic carbocycles. The van der Waals surface area contributed by atoms with Gasteiger partial charge in [0.15, 0.2) is 5.96 Å². The van der Waals surface area contributed by atoms with Crippen molar-refractivity contribution in [2.45, 2.75) is 52.2 Å². The SMILES string of the molecule is CCNC(=NCc1ccc(C(=O)N(C)C)cc1)NCc1ccc(CN2CCCCCC2)cc1. The van der Waals surface area contributed by atoms with E-state index >= 15 is 0 Å². The van der Waals surface area contributed by atoms with Gasteiger partial charge in [-0.3, -0.25) is 9.69 Å². The average molecular weight is 450 g/mol. The Morgan fingerprint density at radius 3 is 2.09 bits per heavy atom. The number of nitrogens with one attached hydrogen (secondary N) is 2. The first-order valence-electron chi connectivity index (χ1n) is 12.2. The topological polar surface area (TPSA) is 60.0 Å². The van der Waals surface area contributed by atoms with E-state index in [1.165, 1.54) is 49.9 Å². The molecule has 0 spiro atoms. The van der Waals surface area contributed by atoms with Crippen molar-refractivity contribution in [1.82, 2.24) is 20.4 Å². The van der Waals surface area contributed by atoms with E-state index in [1.54, 1.807) is 19.0 Å². The van der Waals surface area contributed by atoms with Crippen LogP contribution in [0.2, 0.25) is 0 Å². The van der Waals surface area contributed by atoms with Crippen molar-refractivity contribution >= 4 is 11.9 Å². The summed E-state index contributed by atoms with van der Waals surface area (Å²) in [7, 11) is 3.52. The summed E-state index contributed by atoms with van der Waals surface area (Å²) in [5, 5.41) is 6.74. The zero-order valence-electron chi connectivity index (χ0n) is 20.4. The largest absolute Gasteiger partial charge is 0.357 e. The number of carbonyl (C=O) groups is 1. The summed E-state index contributed by atoms with van der Waals surface area (Å²) in [6, 6.07) is 16.6. The molecule has 1 amide bonds. The highest BCUT2D eigenvalue weighted by Gasteiger charge is 2.10. The van der Waals surface area contributed by atoms with Gasteiger partial charge < -0.3 is 15.5 Å². The summed E-state index contributed by atoms with van der Waals surface area (Å²) in [5.41, 5.74) is 4.39. The molecule has 1 saturated heterocycles. The Labute approximate surface area is 199 Å². The minimum Gasteiger partial charge on any atom is -0.357 e. The molecule has 2 N–H and O–H groups in total. The van der Waals surface area contributed by atoms with E-state index in [9.17, 15) is 4.79 Å². The highest BCUT2D eigenvalue weighted by molar-refractivity contribution is 5.93. The molecule has 1 fully saturated rings. The van der Waals surface area contributed by atoms with Gasteiger partial charge in [-0.2, -0.15) is 0 Å². The maximum atomic E-state index is 12.0. The number of rotatable bonds is 8. The van der Waals surface area contributed by atoms with Gasteiger partial charge in [-0.25, -0.2) is 4.99 Å². The molecular weight excluding hydrogens is 410 g/mol. The van der Waals surface area contributed by atoms with Crippen LogP contribution in [0.15, 0.2) is 53.5 Å². The van der Waals surface area contributed by atoms with E-state index in [4.69, 9.17) is 4.99 Å². The van der Waals surface area contributed by atoms with Gasteiger partial charge >= 0.3 is 0 Å². The molecule has 1 aliphatic heterocycles. The Hall–Kier alpha value is -2.86. The fourth-order valence-corrected chi connectivity index (χ4v) is 4.02. The number of amides is 1. The molecule has 6 nitrogen and oxygen atoms in total. The van der Waals surface area contributed by atoms with Crippen molar-refractivity contribution < 1.29 is 4.79 Å². The average Bonchev–Trinajstić information content (AvgIpc) is 3.10. The molecule has 6 heteroatoms. The number of nitrogens with zero attached hydrogens (tertiary/aromatic N) is 3. The Bertz CT molecular complexity index is 882. The van der Waals surface area contributed by atoms with Gasteiger partial charge in [-0.15, -0.1) is 0 Å². The van der Waals surface area contributed by atoms with E-state index < -0.39 is 0 Å². The lowest BCUT2D eigenvalue weighted by Gasteiger charge is -2.20. The van der Waals surface area contributed by atoms with E-state index in [2.05, 4.69) is 46.7 Å². The van der Waals surface area contributed by atoms with Crippen molar-refractivity contribution in [2.24, 2.45) is 4.99 Å². The lowest BCUT2D eigenvalue weighted by molar-refractivity contribution is 0.0827. The van der Waals surface area contributed by atoms with Crippen molar-refractivity contribution in [1.29, 1.82) is 0 Å². The van der Waals surface area contributed by atoms with Gasteiger partial charge in [0.05, 0.1) is 6.54 Å². The third-order valence-electron chi connectivity index (χ3n) is 5.96. The first-order valence-corrected chi connectivity index (χ1v) is 12.2. The van der Waals surface area contributed by atoms with Crippen LogP contribution >= 0.6 is 0 Å². The second kappa shape index (κ2) is 13.0. The van der Waals surface area contributed by atoms with Crippen LogP contribution in [0.4, 0.5) is 0 Å². The molecule has 0 saturated carbocycles. The lowest BCUT2D eigenvalue weighted by Crippen LogP contribution is -2.36. The molecule has 3 rings (SSSR count). The molecular formula is C27H39N5O. The molecule has 33 heavy (non-hydrogen) atoms. The predicted molar refractivity (Wildman–Crippen MR) is 136 cm³/mol. The fourth-order valence-electron chi connectivity index (χ4n) is 4.02. The first kappa shape index (κ1) is 24.8. The van der Waals surface area contributed by atoms with Crippen LogP contribution in [0, 0.1) is 0 Å². The summed E-state index contributed by atoms with van der Waals surface area (Å²) in [5.74, 6) is 0.803. The van der Waals surface area contributed by atoms with Crippen molar-refractivity contribution in [3.05, 3.63) is 70.8 Å². The van der Waals surface area contributed by atoms with Crippen LogP contribution in [-0.4, -0.2) is 55.4 Å². The summed E-state index contributed by atoms with van der Waals surface area (Å²) < 4.78 is 0. The fraction of sp³-hybridized carbons (Fsp3) is 0.481. The van der Waals surface area contributed by atoms with Crippen LogP contribution in [0.3, 0.4) is 0 Å². The standard InChI is InChI=1S/C27H39N5O/c1-4-28-27(30-20-23-13-15-25(16-14-23)26(33)31(2)3)29-19-22-9-11-24(12-10-22)21-32-17-7-5-6-8-18-32/h9-16H,4-8,17-21H2,1-3H3,(H2,28,29,30). The first-order chi connectivity index (χ1) is 16.0. The molecule has 0 aromatic heterocycles. The number of carbonyl (C=O) groups excluding carboxylic acids is 1.